The predicted molar refractivity (Wildman–Crippen MR) is 97.9 cm³/mol. The van der Waals surface area contributed by atoms with Gasteiger partial charge in [-0.3, -0.25) is 4.79 Å². The Morgan fingerprint density at radius 2 is 2.04 bits per heavy atom. The topological polar surface area (TPSA) is 68.0 Å². The molecule has 1 aliphatic carbocycles. The highest BCUT2D eigenvalue weighted by atomic mass is 32.1. The zero-order valence-electron chi connectivity index (χ0n) is 14.3. The molecule has 1 aromatic heterocycles. The molecule has 4 nitrogen and oxygen atoms in total. The molecule has 0 saturated heterocycles. The van der Waals surface area contributed by atoms with Gasteiger partial charge in [0.05, 0.1) is 18.2 Å². The Bertz CT molecular complexity index is 692. The van der Waals surface area contributed by atoms with Gasteiger partial charge in [-0.05, 0) is 24.3 Å². The van der Waals surface area contributed by atoms with Gasteiger partial charge in [-0.1, -0.05) is 44.2 Å². The molecule has 1 saturated carbocycles. The summed E-state index contributed by atoms with van der Waals surface area (Å²) in [5, 5.41) is 5.95. The van der Waals surface area contributed by atoms with E-state index in [1.807, 2.05) is 11.4 Å². The molecule has 0 bridgehead atoms. The van der Waals surface area contributed by atoms with Crippen LogP contribution in [0.3, 0.4) is 0 Å². The molecule has 128 valence electrons. The summed E-state index contributed by atoms with van der Waals surface area (Å²) in [5.74, 6) is 0.380. The van der Waals surface area contributed by atoms with Crippen molar-refractivity contribution in [3.63, 3.8) is 0 Å². The lowest BCUT2D eigenvalue weighted by Crippen LogP contribution is -2.33. The van der Waals surface area contributed by atoms with Gasteiger partial charge in [0.25, 0.3) is 0 Å². The molecule has 3 rings (SSSR count). The lowest BCUT2D eigenvalue weighted by Gasteiger charge is -2.16. The monoisotopic (exact) mass is 343 g/mol. The second-order valence-corrected chi connectivity index (χ2v) is 7.94. The van der Waals surface area contributed by atoms with Gasteiger partial charge < -0.3 is 11.1 Å². The first-order valence-electron chi connectivity index (χ1n) is 8.52. The maximum Gasteiger partial charge on any atom is 0.226 e. The van der Waals surface area contributed by atoms with Gasteiger partial charge in [0.2, 0.25) is 5.91 Å². The molecular weight excluding hydrogens is 318 g/mol. The highest BCUT2D eigenvalue weighted by molar-refractivity contribution is 7.09. The van der Waals surface area contributed by atoms with Crippen molar-refractivity contribution in [2.75, 3.05) is 6.54 Å². The third-order valence-electron chi connectivity index (χ3n) is 4.78. The minimum atomic E-state index is -0.0559. The Labute approximate surface area is 147 Å². The molecule has 0 spiro atoms. The molecule has 1 fully saturated rings. The van der Waals surface area contributed by atoms with Gasteiger partial charge in [-0.25, -0.2) is 4.98 Å². The van der Waals surface area contributed by atoms with E-state index in [0.29, 0.717) is 18.9 Å². The number of hydrogen-bond acceptors (Lipinski definition) is 4. The lowest BCUT2D eigenvalue weighted by molar-refractivity contribution is -0.120. The number of rotatable bonds is 7. The van der Waals surface area contributed by atoms with E-state index in [1.54, 1.807) is 11.3 Å². The Kier molecular flexibility index (Phi) is 5.01. The van der Waals surface area contributed by atoms with Gasteiger partial charge in [0.15, 0.2) is 0 Å². The normalized spacial score (nSPS) is 16.8. The van der Waals surface area contributed by atoms with E-state index in [0.717, 1.165) is 23.5 Å². The smallest absolute Gasteiger partial charge is 0.226 e. The van der Waals surface area contributed by atoms with E-state index >= 15 is 0 Å². The fourth-order valence-electron chi connectivity index (χ4n) is 2.85. The fraction of sp³-hybridized carbons (Fsp3) is 0.474. The first kappa shape index (κ1) is 17.1. The zero-order valence-corrected chi connectivity index (χ0v) is 15.1. The highest BCUT2D eigenvalue weighted by Crippen LogP contribution is 2.47. The van der Waals surface area contributed by atoms with Crippen molar-refractivity contribution in [2.24, 2.45) is 11.7 Å². The number of amides is 1. The van der Waals surface area contributed by atoms with Crippen LogP contribution in [-0.4, -0.2) is 17.4 Å². The molecule has 24 heavy (non-hydrogen) atoms. The molecule has 1 aliphatic rings. The van der Waals surface area contributed by atoms with Crippen molar-refractivity contribution in [2.45, 2.75) is 44.6 Å². The van der Waals surface area contributed by atoms with Crippen molar-refractivity contribution in [3.8, 4) is 0 Å². The molecule has 3 N–H and O–H groups in total. The third-order valence-corrected chi connectivity index (χ3v) is 5.77. The molecule has 2 aromatic rings. The number of hydrogen-bond donors (Lipinski definition) is 2. The first-order chi connectivity index (χ1) is 11.5. The van der Waals surface area contributed by atoms with Crippen molar-refractivity contribution >= 4 is 17.2 Å². The summed E-state index contributed by atoms with van der Waals surface area (Å²) in [5.41, 5.74) is 8.40. The van der Waals surface area contributed by atoms with E-state index in [4.69, 9.17) is 5.73 Å². The minimum absolute atomic E-state index is 0.0344. The molecule has 1 aromatic carbocycles. The highest BCUT2D eigenvalue weighted by Gasteiger charge is 2.44. The number of nitrogens with zero attached hydrogens (tertiary/aromatic N) is 1. The lowest BCUT2D eigenvalue weighted by atomic mass is 9.96. The van der Waals surface area contributed by atoms with Crippen LogP contribution in [0.5, 0.6) is 0 Å². The van der Waals surface area contributed by atoms with Crippen LogP contribution in [0.2, 0.25) is 0 Å². The second-order valence-electron chi connectivity index (χ2n) is 7.05. The van der Waals surface area contributed by atoms with E-state index in [9.17, 15) is 4.79 Å². The molecule has 1 atom stereocenters. The third kappa shape index (κ3) is 3.84. The maximum absolute atomic E-state index is 12.3. The van der Waals surface area contributed by atoms with Crippen molar-refractivity contribution < 1.29 is 4.79 Å². The molecule has 0 aliphatic heterocycles. The van der Waals surface area contributed by atoms with Crippen LogP contribution >= 0.6 is 11.3 Å². The van der Waals surface area contributed by atoms with E-state index in [-0.39, 0.29) is 17.4 Å². The average Bonchev–Trinajstić information content (AvgIpc) is 3.25. The van der Waals surface area contributed by atoms with Crippen molar-refractivity contribution in [1.82, 2.24) is 10.3 Å². The van der Waals surface area contributed by atoms with Crippen molar-refractivity contribution in [3.05, 3.63) is 52.0 Å². The molecule has 1 heterocycles. The van der Waals surface area contributed by atoms with Crippen LogP contribution in [0.25, 0.3) is 0 Å². The van der Waals surface area contributed by atoms with Gasteiger partial charge in [-0.15, -0.1) is 11.3 Å². The largest absolute Gasteiger partial charge is 0.355 e. The summed E-state index contributed by atoms with van der Waals surface area (Å²) in [6, 6.07) is 10.4. The minimum Gasteiger partial charge on any atom is -0.355 e. The Balaban J connectivity index is 1.53. The van der Waals surface area contributed by atoms with Crippen LogP contribution in [0, 0.1) is 5.92 Å². The van der Waals surface area contributed by atoms with Crippen molar-refractivity contribution in [1.29, 1.82) is 0 Å². The summed E-state index contributed by atoms with van der Waals surface area (Å²) in [4.78, 5) is 16.8. The Morgan fingerprint density at radius 1 is 1.33 bits per heavy atom. The number of aromatic nitrogens is 1. The summed E-state index contributed by atoms with van der Waals surface area (Å²) < 4.78 is 0. The summed E-state index contributed by atoms with van der Waals surface area (Å²) in [6.45, 7) is 4.87. The van der Waals surface area contributed by atoms with Crippen LogP contribution in [0.15, 0.2) is 35.7 Å². The van der Waals surface area contributed by atoms with Crippen LogP contribution < -0.4 is 11.1 Å². The average molecular weight is 343 g/mol. The number of carbonyl (C=O) groups is 1. The number of carbonyl (C=O) groups excluding carboxylic acids is 1. The quantitative estimate of drug-likeness (QED) is 0.811. The van der Waals surface area contributed by atoms with Crippen LogP contribution in [0.1, 0.15) is 49.0 Å². The van der Waals surface area contributed by atoms with Gasteiger partial charge in [0.1, 0.15) is 5.01 Å². The molecule has 5 heteroatoms. The van der Waals surface area contributed by atoms with Gasteiger partial charge in [0, 0.05) is 17.3 Å². The zero-order chi connectivity index (χ0) is 17.2. The molecule has 1 unspecified atom stereocenters. The number of thiazole rings is 1. The summed E-state index contributed by atoms with van der Waals surface area (Å²) >= 11 is 1.54. The van der Waals surface area contributed by atoms with E-state index < -0.39 is 0 Å². The first-order valence-corrected chi connectivity index (χ1v) is 9.40. The predicted octanol–water partition coefficient (Wildman–Crippen LogP) is 3.19. The fourth-order valence-corrected chi connectivity index (χ4v) is 3.84. The maximum atomic E-state index is 12.3. The van der Waals surface area contributed by atoms with E-state index in [1.165, 1.54) is 5.56 Å². The Morgan fingerprint density at radius 3 is 2.67 bits per heavy atom. The van der Waals surface area contributed by atoms with E-state index in [2.05, 4.69) is 48.4 Å². The Hall–Kier alpha value is -1.72. The number of benzene rings is 1. The molecular formula is C19H25N3OS. The van der Waals surface area contributed by atoms with Gasteiger partial charge in [-0.2, -0.15) is 0 Å². The van der Waals surface area contributed by atoms with Crippen LogP contribution in [-0.2, 0) is 16.6 Å². The molecule has 1 amide bonds. The van der Waals surface area contributed by atoms with Gasteiger partial charge >= 0.3 is 0 Å². The second kappa shape index (κ2) is 7.03. The molecule has 0 radical (unpaired) electrons. The summed E-state index contributed by atoms with van der Waals surface area (Å²) in [6.07, 6.45) is 2.61. The number of nitrogens with two attached hydrogens (primary N) is 1. The van der Waals surface area contributed by atoms with Crippen LogP contribution in [0.4, 0.5) is 0 Å². The SMILES string of the molecule is CC(C)C(N)c1nc(CC(=O)NCC2(c3ccccc3)CC2)cs1. The summed E-state index contributed by atoms with van der Waals surface area (Å²) in [7, 11) is 0. The number of nitrogens with one attached hydrogen (secondary N) is 1. The standard InChI is InChI=1S/C19H25N3OS/c1-13(2)17(20)18-22-15(11-24-18)10-16(23)21-12-19(8-9-19)14-6-4-3-5-7-14/h3-7,11,13,17H,8-10,12,20H2,1-2H3,(H,21,23).